The van der Waals surface area contributed by atoms with Crippen molar-refractivity contribution in [3.8, 4) is 0 Å². The molecule has 0 aromatic heterocycles. The van der Waals surface area contributed by atoms with Crippen molar-refractivity contribution >= 4 is 24.2 Å². The third-order valence-electron chi connectivity index (χ3n) is 2.55. The van der Waals surface area contributed by atoms with Crippen LogP contribution >= 0.6 is 24.2 Å². The zero-order chi connectivity index (χ0) is 13.9. The van der Waals surface area contributed by atoms with Gasteiger partial charge in [0.15, 0.2) is 0 Å². The van der Waals surface area contributed by atoms with Crippen LogP contribution in [0, 0.1) is 5.92 Å². The van der Waals surface area contributed by atoms with E-state index in [1.165, 1.54) is 24.3 Å². The number of aliphatic hydroxyl groups excluding tert-OH is 1. The molecule has 0 spiro atoms. The molecule has 0 amide bonds. The van der Waals surface area contributed by atoms with Crippen LogP contribution in [0.1, 0.15) is 25.5 Å². The second-order valence-electron chi connectivity index (χ2n) is 4.38. The first-order valence-corrected chi connectivity index (χ1v) is 6.31. The Balaban J connectivity index is 0.00000324. The van der Waals surface area contributed by atoms with E-state index < -0.39 is 17.7 Å². The highest BCUT2D eigenvalue weighted by atomic mass is 35.5. The van der Waals surface area contributed by atoms with Crippen LogP contribution in [0.4, 0.5) is 13.2 Å². The van der Waals surface area contributed by atoms with Gasteiger partial charge in [0.05, 0.1) is 12.1 Å². The largest absolute Gasteiger partial charge is 0.446 e. The fraction of sp³-hybridized carbons (Fsp3) is 0.500. The van der Waals surface area contributed by atoms with Crippen LogP contribution in [-0.2, 0) is 0 Å². The van der Waals surface area contributed by atoms with E-state index in [9.17, 15) is 18.3 Å². The topological polar surface area (TPSA) is 46.2 Å². The third-order valence-corrected chi connectivity index (χ3v) is 3.29. The van der Waals surface area contributed by atoms with E-state index in [1.807, 2.05) is 13.8 Å². The van der Waals surface area contributed by atoms with Crippen molar-refractivity contribution in [2.75, 3.05) is 0 Å². The van der Waals surface area contributed by atoms with Crippen LogP contribution in [0.3, 0.4) is 0 Å². The summed E-state index contributed by atoms with van der Waals surface area (Å²) in [6.07, 6.45) is -0.717. The first-order chi connectivity index (χ1) is 8.20. The summed E-state index contributed by atoms with van der Waals surface area (Å²) in [6.45, 7) is 3.66. The van der Waals surface area contributed by atoms with Gasteiger partial charge in [-0.3, -0.25) is 0 Å². The molecular weight excluding hydrogens is 299 g/mol. The summed E-state index contributed by atoms with van der Waals surface area (Å²) in [7, 11) is 0. The molecule has 0 aliphatic carbocycles. The predicted octanol–water partition coefficient (Wildman–Crippen LogP) is 3.74. The minimum Gasteiger partial charge on any atom is -0.391 e. The molecule has 1 aromatic carbocycles. The van der Waals surface area contributed by atoms with Gasteiger partial charge in [0.1, 0.15) is 0 Å². The maximum Gasteiger partial charge on any atom is 0.446 e. The molecule has 7 heteroatoms. The molecule has 3 N–H and O–H groups in total. The van der Waals surface area contributed by atoms with Crippen LogP contribution in [0.5, 0.6) is 0 Å². The summed E-state index contributed by atoms with van der Waals surface area (Å²) in [4.78, 5) is 0.109. The molecule has 0 saturated heterocycles. The summed E-state index contributed by atoms with van der Waals surface area (Å²) in [5.74, 6) is -0.00998. The van der Waals surface area contributed by atoms with Crippen molar-refractivity contribution in [2.45, 2.75) is 36.4 Å². The molecule has 0 heterocycles. The number of thioether (sulfide) groups is 1. The molecule has 0 fully saturated rings. The first-order valence-electron chi connectivity index (χ1n) is 5.50. The number of aliphatic hydroxyl groups is 1. The molecule has 1 aromatic rings. The molecule has 0 saturated carbocycles. The van der Waals surface area contributed by atoms with Gasteiger partial charge in [0.25, 0.3) is 0 Å². The Kier molecular flexibility index (Phi) is 7.21. The second kappa shape index (κ2) is 7.38. The lowest BCUT2D eigenvalue weighted by molar-refractivity contribution is -0.0328. The monoisotopic (exact) mass is 315 g/mol. The van der Waals surface area contributed by atoms with Crippen LogP contribution in [-0.4, -0.2) is 16.7 Å². The van der Waals surface area contributed by atoms with E-state index in [0.29, 0.717) is 5.56 Å². The molecule has 0 radical (unpaired) electrons. The average Bonchev–Trinajstić information content (AvgIpc) is 2.26. The fourth-order valence-corrected chi connectivity index (χ4v) is 2.04. The molecule has 0 bridgehead atoms. The SMILES string of the molecule is CC(C)[C@@H](O)[C@@H](N)c1ccc(SC(F)(F)F)cc1.Cl. The van der Waals surface area contributed by atoms with Gasteiger partial charge in [-0.15, -0.1) is 12.4 Å². The molecule has 0 aliphatic heterocycles. The van der Waals surface area contributed by atoms with Gasteiger partial charge in [0.2, 0.25) is 0 Å². The number of benzene rings is 1. The lowest BCUT2D eigenvalue weighted by atomic mass is 9.95. The van der Waals surface area contributed by atoms with Crippen molar-refractivity contribution in [2.24, 2.45) is 11.7 Å². The summed E-state index contributed by atoms with van der Waals surface area (Å²) in [5, 5.41) is 9.79. The molecular formula is C12H17ClF3NOS. The second-order valence-corrected chi connectivity index (χ2v) is 5.52. The summed E-state index contributed by atoms with van der Waals surface area (Å²) in [5.41, 5.74) is 2.17. The van der Waals surface area contributed by atoms with Crippen molar-refractivity contribution in [1.82, 2.24) is 0 Å². The first kappa shape index (κ1) is 18.6. The van der Waals surface area contributed by atoms with Crippen LogP contribution in [0.25, 0.3) is 0 Å². The van der Waals surface area contributed by atoms with E-state index in [2.05, 4.69) is 0 Å². The smallest absolute Gasteiger partial charge is 0.391 e. The number of nitrogens with two attached hydrogens (primary N) is 1. The third kappa shape index (κ3) is 6.03. The normalized spacial score (nSPS) is 14.9. The summed E-state index contributed by atoms with van der Waals surface area (Å²) in [6, 6.07) is 5.17. The van der Waals surface area contributed by atoms with Crippen LogP contribution in [0.15, 0.2) is 29.2 Å². The van der Waals surface area contributed by atoms with Crippen molar-refractivity contribution < 1.29 is 18.3 Å². The van der Waals surface area contributed by atoms with Gasteiger partial charge in [-0.2, -0.15) is 13.2 Å². The maximum absolute atomic E-state index is 12.1. The quantitative estimate of drug-likeness (QED) is 0.832. The maximum atomic E-state index is 12.1. The van der Waals surface area contributed by atoms with Crippen LogP contribution in [0.2, 0.25) is 0 Å². The summed E-state index contributed by atoms with van der Waals surface area (Å²) >= 11 is -0.167. The van der Waals surface area contributed by atoms with Crippen molar-refractivity contribution in [3.05, 3.63) is 29.8 Å². The Hall–Kier alpha value is -0.430. The van der Waals surface area contributed by atoms with Gasteiger partial charge in [-0.05, 0) is 35.4 Å². The molecule has 19 heavy (non-hydrogen) atoms. The van der Waals surface area contributed by atoms with E-state index in [0.717, 1.165) is 0 Å². The Morgan fingerprint density at radius 2 is 1.63 bits per heavy atom. The number of alkyl halides is 3. The standard InChI is InChI=1S/C12H16F3NOS.ClH/c1-7(2)11(17)10(16)8-3-5-9(6-4-8)18-12(13,14)15;/h3-7,10-11,17H,16H2,1-2H3;1H/t10-,11+;/m0./s1. The minimum atomic E-state index is -4.29. The van der Waals surface area contributed by atoms with Gasteiger partial charge in [0, 0.05) is 4.90 Å². The highest BCUT2D eigenvalue weighted by Crippen LogP contribution is 2.37. The molecule has 0 unspecified atom stereocenters. The van der Waals surface area contributed by atoms with Gasteiger partial charge in [-0.1, -0.05) is 26.0 Å². The highest BCUT2D eigenvalue weighted by molar-refractivity contribution is 8.00. The number of hydrogen-bond acceptors (Lipinski definition) is 3. The lowest BCUT2D eigenvalue weighted by Crippen LogP contribution is -2.30. The fourth-order valence-electron chi connectivity index (χ4n) is 1.50. The van der Waals surface area contributed by atoms with E-state index >= 15 is 0 Å². The van der Waals surface area contributed by atoms with Crippen molar-refractivity contribution in [1.29, 1.82) is 0 Å². The number of halogens is 4. The van der Waals surface area contributed by atoms with Crippen LogP contribution < -0.4 is 5.73 Å². The zero-order valence-corrected chi connectivity index (χ0v) is 12.1. The number of hydrogen-bond donors (Lipinski definition) is 2. The molecule has 2 atom stereocenters. The Bertz CT molecular complexity index is 384. The molecule has 1 rings (SSSR count). The average molecular weight is 316 g/mol. The Morgan fingerprint density at radius 1 is 1.16 bits per heavy atom. The molecule has 2 nitrogen and oxygen atoms in total. The molecule has 0 aliphatic rings. The van der Waals surface area contributed by atoms with Gasteiger partial charge in [-0.25, -0.2) is 0 Å². The zero-order valence-electron chi connectivity index (χ0n) is 10.5. The van der Waals surface area contributed by atoms with E-state index in [4.69, 9.17) is 5.73 Å². The van der Waals surface area contributed by atoms with Gasteiger partial charge >= 0.3 is 5.51 Å². The highest BCUT2D eigenvalue weighted by Gasteiger charge is 2.29. The summed E-state index contributed by atoms with van der Waals surface area (Å²) < 4.78 is 36.4. The van der Waals surface area contributed by atoms with Gasteiger partial charge < -0.3 is 10.8 Å². The van der Waals surface area contributed by atoms with Crippen molar-refractivity contribution in [3.63, 3.8) is 0 Å². The minimum absolute atomic E-state index is 0. The Morgan fingerprint density at radius 3 is 2.00 bits per heavy atom. The van der Waals surface area contributed by atoms with E-state index in [1.54, 1.807) is 0 Å². The Labute approximate surface area is 121 Å². The number of rotatable bonds is 4. The molecule has 110 valence electrons. The van der Waals surface area contributed by atoms with E-state index in [-0.39, 0.29) is 35.0 Å². The predicted molar refractivity (Wildman–Crippen MR) is 73.4 cm³/mol. The lowest BCUT2D eigenvalue weighted by Gasteiger charge is -2.22.